The minimum atomic E-state index is -2.68. The maximum Gasteiger partial charge on any atom is 0.305 e. The van der Waals surface area contributed by atoms with E-state index in [4.69, 9.17) is 0 Å². The molecule has 1 aliphatic heterocycles. The number of carbonyl (C=O) groups excluding carboxylic acids is 2. The minimum Gasteiger partial charge on any atom is -0.355 e. The van der Waals surface area contributed by atoms with Crippen LogP contribution in [-0.2, 0) is 9.59 Å². The van der Waals surface area contributed by atoms with Crippen molar-refractivity contribution in [3.63, 3.8) is 0 Å². The van der Waals surface area contributed by atoms with E-state index in [0.717, 1.165) is 10.6 Å². The third kappa shape index (κ3) is 2.43. The average Bonchev–Trinajstić information content (AvgIpc) is 2.54. The molecule has 1 atom stereocenters. The van der Waals surface area contributed by atoms with Crippen molar-refractivity contribution in [1.82, 2.24) is 10.7 Å². The molecule has 7 nitrogen and oxygen atoms in total. The van der Waals surface area contributed by atoms with Crippen LogP contribution in [0, 0.1) is 6.92 Å². The Hall–Kier alpha value is -1.96. The van der Waals surface area contributed by atoms with E-state index in [9.17, 15) is 19.8 Å². The predicted molar refractivity (Wildman–Crippen MR) is 66.6 cm³/mol. The SMILES string of the molecule is CC(=O)NC1NN(c2ccc(C)cc2)C(=O)C1(O)O. The van der Waals surface area contributed by atoms with Gasteiger partial charge in [-0.25, -0.2) is 5.01 Å². The molecule has 1 aliphatic rings. The third-order valence-corrected chi connectivity index (χ3v) is 2.82. The van der Waals surface area contributed by atoms with Gasteiger partial charge in [-0.3, -0.25) is 9.59 Å². The molecule has 1 heterocycles. The number of aliphatic hydroxyl groups is 2. The highest BCUT2D eigenvalue weighted by Gasteiger charge is 2.53. The van der Waals surface area contributed by atoms with Gasteiger partial charge >= 0.3 is 5.91 Å². The number of hydrogen-bond donors (Lipinski definition) is 4. The lowest BCUT2D eigenvalue weighted by molar-refractivity contribution is -0.184. The molecule has 19 heavy (non-hydrogen) atoms. The Kier molecular flexibility index (Phi) is 3.27. The molecule has 102 valence electrons. The molecule has 1 aromatic rings. The zero-order valence-corrected chi connectivity index (χ0v) is 10.5. The highest BCUT2D eigenvalue weighted by atomic mass is 16.5. The molecule has 0 radical (unpaired) electrons. The number of hydrogen-bond acceptors (Lipinski definition) is 5. The highest BCUT2D eigenvalue weighted by Crippen LogP contribution is 2.23. The van der Waals surface area contributed by atoms with Crippen molar-refractivity contribution in [3.05, 3.63) is 29.8 Å². The highest BCUT2D eigenvalue weighted by molar-refractivity contribution is 6.00. The molecule has 0 spiro atoms. The standard InChI is InChI=1S/C12H15N3O4/c1-7-3-5-9(6-4-7)15-11(17)12(18,19)10(14-15)13-8(2)16/h3-6,10,14,18-19H,1-2H3,(H,13,16). The molecular formula is C12H15N3O4. The van der Waals surface area contributed by atoms with Gasteiger partial charge in [-0.15, -0.1) is 0 Å². The van der Waals surface area contributed by atoms with Crippen molar-refractivity contribution in [3.8, 4) is 0 Å². The van der Waals surface area contributed by atoms with Crippen LogP contribution in [0.5, 0.6) is 0 Å². The second kappa shape index (κ2) is 4.61. The summed E-state index contributed by atoms with van der Waals surface area (Å²) in [6.07, 6.45) is -1.29. The van der Waals surface area contributed by atoms with Crippen LogP contribution in [0.25, 0.3) is 0 Å². The van der Waals surface area contributed by atoms with Crippen LogP contribution in [0.2, 0.25) is 0 Å². The van der Waals surface area contributed by atoms with Crippen molar-refractivity contribution in [2.75, 3.05) is 5.01 Å². The average molecular weight is 265 g/mol. The van der Waals surface area contributed by atoms with Crippen LogP contribution < -0.4 is 15.8 Å². The molecule has 2 amide bonds. The number of aryl methyl sites for hydroxylation is 1. The summed E-state index contributed by atoms with van der Waals surface area (Å²) < 4.78 is 0. The molecule has 1 unspecified atom stereocenters. The van der Waals surface area contributed by atoms with Crippen molar-refractivity contribution < 1.29 is 19.8 Å². The molecule has 4 N–H and O–H groups in total. The molecular weight excluding hydrogens is 250 g/mol. The number of benzene rings is 1. The predicted octanol–water partition coefficient (Wildman–Crippen LogP) is -1.01. The first kappa shape index (κ1) is 13.5. The number of nitrogens with one attached hydrogen (secondary N) is 2. The van der Waals surface area contributed by atoms with Gasteiger partial charge in [0.25, 0.3) is 5.79 Å². The topological polar surface area (TPSA) is 102 Å². The van der Waals surface area contributed by atoms with Crippen molar-refractivity contribution >= 4 is 17.5 Å². The summed E-state index contributed by atoms with van der Waals surface area (Å²) in [5, 5.41) is 22.8. The summed E-state index contributed by atoms with van der Waals surface area (Å²) in [5.41, 5.74) is 4.01. The van der Waals surface area contributed by atoms with E-state index < -0.39 is 23.8 Å². The largest absolute Gasteiger partial charge is 0.355 e. The maximum absolute atomic E-state index is 11.9. The lowest BCUT2D eigenvalue weighted by atomic mass is 10.2. The first-order valence-corrected chi connectivity index (χ1v) is 5.71. The van der Waals surface area contributed by atoms with Gasteiger partial charge in [0, 0.05) is 6.92 Å². The Balaban J connectivity index is 2.27. The van der Waals surface area contributed by atoms with E-state index in [0.29, 0.717) is 5.69 Å². The van der Waals surface area contributed by atoms with Crippen LogP contribution >= 0.6 is 0 Å². The maximum atomic E-state index is 11.9. The summed E-state index contributed by atoms with van der Waals surface area (Å²) in [6, 6.07) is 6.89. The Labute approximate surface area is 109 Å². The monoisotopic (exact) mass is 265 g/mol. The van der Waals surface area contributed by atoms with Crippen LogP contribution in [0.15, 0.2) is 24.3 Å². The summed E-state index contributed by atoms with van der Waals surface area (Å²) in [7, 11) is 0. The molecule has 7 heteroatoms. The molecule has 0 aliphatic carbocycles. The van der Waals surface area contributed by atoms with Gasteiger partial charge in [0.05, 0.1) is 5.69 Å². The van der Waals surface area contributed by atoms with Gasteiger partial charge in [0.1, 0.15) is 0 Å². The van der Waals surface area contributed by atoms with Gasteiger partial charge in [-0.05, 0) is 19.1 Å². The smallest absolute Gasteiger partial charge is 0.305 e. The number of anilines is 1. The van der Waals surface area contributed by atoms with E-state index in [1.807, 2.05) is 6.92 Å². The molecule has 1 aromatic carbocycles. The van der Waals surface area contributed by atoms with Crippen molar-refractivity contribution in [2.24, 2.45) is 0 Å². The lowest BCUT2D eigenvalue weighted by Crippen LogP contribution is -2.56. The number of rotatable bonds is 2. The zero-order valence-electron chi connectivity index (χ0n) is 10.5. The number of hydrazine groups is 1. The normalized spacial score (nSPS) is 21.6. The van der Waals surface area contributed by atoms with Crippen LogP contribution in [0.4, 0.5) is 5.69 Å². The van der Waals surface area contributed by atoms with Crippen LogP contribution in [-0.4, -0.2) is 34.0 Å². The fourth-order valence-electron chi connectivity index (χ4n) is 1.79. The number of amides is 2. The molecule has 1 fully saturated rings. The Bertz CT molecular complexity index is 512. The van der Waals surface area contributed by atoms with Crippen molar-refractivity contribution in [1.29, 1.82) is 0 Å². The molecule has 0 bridgehead atoms. The number of nitrogens with zero attached hydrogens (tertiary/aromatic N) is 1. The summed E-state index contributed by atoms with van der Waals surface area (Å²) in [6.45, 7) is 3.11. The number of carbonyl (C=O) groups is 2. The van der Waals surface area contributed by atoms with Gasteiger partial charge in [-0.1, -0.05) is 17.7 Å². The fourth-order valence-corrected chi connectivity index (χ4v) is 1.79. The van der Waals surface area contributed by atoms with Crippen LogP contribution in [0.3, 0.4) is 0 Å². The summed E-state index contributed by atoms with van der Waals surface area (Å²) in [4.78, 5) is 22.9. The Morgan fingerprint density at radius 3 is 2.47 bits per heavy atom. The minimum absolute atomic E-state index is 0.455. The third-order valence-electron chi connectivity index (χ3n) is 2.82. The van der Waals surface area contributed by atoms with E-state index >= 15 is 0 Å². The van der Waals surface area contributed by atoms with Crippen LogP contribution in [0.1, 0.15) is 12.5 Å². The second-order valence-corrected chi connectivity index (χ2v) is 4.46. The molecule has 2 rings (SSSR count). The van der Waals surface area contributed by atoms with Gasteiger partial charge in [-0.2, -0.15) is 5.43 Å². The van der Waals surface area contributed by atoms with E-state index in [2.05, 4.69) is 10.7 Å². The lowest BCUT2D eigenvalue weighted by Gasteiger charge is -2.19. The quantitative estimate of drug-likeness (QED) is 0.513. The summed E-state index contributed by atoms with van der Waals surface area (Å²) in [5.74, 6) is -4.12. The molecule has 0 saturated carbocycles. The zero-order chi connectivity index (χ0) is 14.2. The first-order valence-electron chi connectivity index (χ1n) is 5.71. The van der Waals surface area contributed by atoms with Gasteiger partial charge in [0.2, 0.25) is 5.91 Å². The van der Waals surface area contributed by atoms with Crippen molar-refractivity contribution in [2.45, 2.75) is 25.8 Å². The van der Waals surface area contributed by atoms with E-state index in [1.54, 1.807) is 24.3 Å². The molecule has 1 saturated heterocycles. The molecule has 0 aromatic heterocycles. The van der Waals surface area contributed by atoms with E-state index in [1.165, 1.54) is 6.92 Å². The Morgan fingerprint density at radius 1 is 1.37 bits per heavy atom. The van der Waals surface area contributed by atoms with Gasteiger partial charge < -0.3 is 15.5 Å². The second-order valence-electron chi connectivity index (χ2n) is 4.46. The fraction of sp³-hybridized carbons (Fsp3) is 0.333. The van der Waals surface area contributed by atoms with E-state index in [-0.39, 0.29) is 0 Å². The van der Waals surface area contributed by atoms with Gasteiger partial charge in [0.15, 0.2) is 6.17 Å². The Morgan fingerprint density at radius 2 is 1.95 bits per heavy atom. The first-order chi connectivity index (χ1) is 8.82. The summed E-state index contributed by atoms with van der Waals surface area (Å²) >= 11 is 0.